The lowest BCUT2D eigenvalue weighted by Crippen LogP contribution is -2.29. The molecule has 0 unspecified atom stereocenters. The number of nitrogens with zero attached hydrogens (tertiary/aromatic N) is 2. The van der Waals surface area contributed by atoms with E-state index in [4.69, 9.17) is 4.98 Å². The highest BCUT2D eigenvalue weighted by molar-refractivity contribution is 6.09. The van der Waals surface area contributed by atoms with E-state index in [1.807, 2.05) is 91.9 Å². The summed E-state index contributed by atoms with van der Waals surface area (Å²) in [5.41, 5.74) is 5.04. The van der Waals surface area contributed by atoms with Gasteiger partial charge in [0, 0.05) is 10.9 Å². The molecule has 4 nitrogen and oxygen atoms in total. The molecule has 4 heteroatoms. The Labute approximate surface area is 182 Å². The molecule has 1 atom stereocenters. The zero-order valence-electron chi connectivity index (χ0n) is 17.4. The van der Waals surface area contributed by atoms with Crippen LogP contribution in [0.1, 0.15) is 40.9 Å². The van der Waals surface area contributed by atoms with Crippen molar-refractivity contribution in [1.29, 1.82) is 5.26 Å². The molecule has 0 bridgehead atoms. The number of pyridine rings is 1. The Morgan fingerprint density at radius 1 is 0.968 bits per heavy atom. The van der Waals surface area contributed by atoms with Gasteiger partial charge in [-0.15, -0.1) is 0 Å². The maximum absolute atomic E-state index is 13.6. The summed E-state index contributed by atoms with van der Waals surface area (Å²) in [5.74, 6) is -0.184. The predicted octanol–water partition coefficient (Wildman–Crippen LogP) is 5.85. The number of hydrogen-bond donors (Lipinski definition) is 1. The molecule has 152 valence electrons. The van der Waals surface area contributed by atoms with Crippen LogP contribution in [-0.2, 0) is 6.42 Å². The smallest absolute Gasteiger partial charge is 0.252 e. The molecule has 0 saturated heterocycles. The summed E-state index contributed by atoms with van der Waals surface area (Å²) in [5, 5.41) is 13.3. The molecule has 0 saturated carbocycles. The lowest BCUT2D eigenvalue weighted by Gasteiger charge is -2.20. The quantitative estimate of drug-likeness (QED) is 0.438. The molecule has 1 amide bonds. The van der Waals surface area contributed by atoms with Crippen molar-refractivity contribution >= 4 is 16.8 Å². The fraction of sp³-hybridized carbons (Fsp3) is 0.148. The highest BCUT2D eigenvalue weighted by Gasteiger charge is 2.23. The number of para-hydroxylation sites is 1. The summed E-state index contributed by atoms with van der Waals surface area (Å²) in [6, 6.07) is 29.1. The first-order valence-electron chi connectivity index (χ1n) is 10.4. The number of nitrogens with one attached hydrogen (secondary N) is 1. The van der Waals surface area contributed by atoms with E-state index in [9.17, 15) is 10.1 Å². The lowest BCUT2D eigenvalue weighted by atomic mass is 9.94. The number of amides is 1. The molecule has 3 aromatic carbocycles. The number of carbonyl (C=O) groups excluding carboxylic acids is 1. The van der Waals surface area contributed by atoms with Crippen LogP contribution >= 0.6 is 0 Å². The van der Waals surface area contributed by atoms with Crippen molar-refractivity contribution in [2.45, 2.75) is 25.8 Å². The Morgan fingerprint density at radius 2 is 1.61 bits per heavy atom. The summed E-state index contributed by atoms with van der Waals surface area (Å²) >= 11 is 0. The normalized spacial score (nSPS) is 11.6. The van der Waals surface area contributed by atoms with E-state index in [0.717, 1.165) is 33.3 Å². The van der Waals surface area contributed by atoms with E-state index < -0.39 is 0 Å². The number of nitriles is 1. The van der Waals surface area contributed by atoms with Gasteiger partial charge in [0.25, 0.3) is 5.91 Å². The average Bonchev–Trinajstić information content (AvgIpc) is 2.83. The molecule has 0 radical (unpaired) electrons. The van der Waals surface area contributed by atoms with Gasteiger partial charge < -0.3 is 5.32 Å². The van der Waals surface area contributed by atoms with Crippen LogP contribution < -0.4 is 5.32 Å². The van der Waals surface area contributed by atoms with Crippen LogP contribution in [-0.4, -0.2) is 10.9 Å². The van der Waals surface area contributed by atoms with Gasteiger partial charge in [-0.2, -0.15) is 5.26 Å². The number of hydrogen-bond acceptors (Lipinski definition) is 3. The van der Waals surface area contributed by atoms with Crippen LogP contribution in [0, 0.1) is 11.3 Å². The highest BCUT2D eigenvalue weighted by atomic mass is 16.1. The first kappa shape index (κ1) is 20.3. The Kier molecular flexibility index (Phi) is 6.05. The van der Waals surface area contributed by atoms with Crippen LogP contribution in [0.5, 0.6) is 0 Å². The number of benzene rings is 3. The highest BCUT2D eigenvalue weighted by Crippen LogP contribution is 2.31. The van der Waals surface area contributed by atoms with Crippen molar-refractivity contribution in [3.8, 4) is 17.3 Å². The predicted molar refractivity (Wildman–Crippen MR) is 123 cm³/mol. The lowest BCUT2D eigenvalue weighted by molar-refractivity contribution is 0.0938. The fourth-order valence-corrected chi connectivity index (χ4v) is 3.95. The van der Waals surface area contributed by atoms with Gasteiger partial charge in [-0.3, -0.25) is 4.79 Å². The third-order valence-electron chi connectivity index (χ3n) is 5.42. The third kappa shape index (κ3) is 4.17. The van der Waals surface area contributed by atoms with Gasteiger partial charge in [-0.25, -0.2) is 4.98 Å². The van der Waals surface area contributed by atoms with Crippen molar-refractivity contribution in [2.24, 2.45) is 0 Å². The molecule has 1 heterocycles. The molecule has 0 spiro atoms. The van der Waals surface area contributed by atoms with Gasteiger partial charge in [0.1, 0.15) is 0 Å². The van der Waals surface area contributed by atoms with Crippen molar-refractivity contribution < 1.29 is 4.79 Å². The van der Waals surface area contributed by atoms with Gasteiger partial charge >= 0.3 is 0 Å². The number of aromatic nitrogens is 1. The van der Waals surface area contributed by atoms with Gasteiger partial charge in [0.05, 0.1) is 35.3 Å². The van der Waals surface area contributed by atoms with Crippen molar-refractivity contribution in [3.05, 3.63) is 102 Å². The van der Waals surface area contributed by atoms with Gasteiger partial charge in [0.2, 0.25) is 0 Å². The van der Waals surface area contributed by atoms with E-state index in [-0.39, 0.29) is 18.4 Å². The minimum absolute atomic E-state index is 0.184. The number of carbonyl (C=O) groups is 1. The third-order valence-corrected chi connectivity index (χ3v) is 5.42. The van der Waals surface area contributed by atoms with E-state index in [2.05, 4.69) is 11.4 Å². The second-order valence-electron chi connectivity index (χ2n) is 7.35. The van der Waals surface area contributed by atoms with Crippen LogP contribution in [0.2, 0.25) is 0 Å². The van der Waals surface area contributed by atoms with Crippen LogP contribution in [0.25, 0.3) is 22.2 Å². The largest absolute Gasteiger partial charge is 0.344 e. The number of fused-ring (bicyclic) bond motifs is 1. The monoisotopic (exact) mass is 405 g/mol. The van der Waals surface area contributed by atoms with Crippen molar-refractivity contribution in [3.63, 3.8) is 0 Å². The minimum atomic E-state index is -0.379. The molecular weight excluding hydrogens is 382 g/mol. The molecule has 4 aromatic rings. The summed E-state index contributed by atoms with van der Waals surface area (Å²) in [7, 11) is 0. The summed E-state index contributed by atoms with van der Waals surface area (Å²) in [6.45, 7) is 2.04. The first-order chi connectivity index (χ1) is 15.2. The number of rotatable bonds is 6. The molecule has 1 aromatic heterocycles. The van der Waals surface area contributed by atoms with Crippen LogP contribution in [0.15, 0.2) is 84.9 Å². The molecule has 0 aliphatic rings. The molecule has 1 N–H and O–H groups in total. The van der Waals surface area contributed by atoms with E-state index >= 15 is 0 Å². The Bertz CT molecular complexity index is 1240. The zero-order chi connectivity index (χ0) is 21.6. The Morgan fingerprint density at radius 3 is 2.29 bits per heavy atom. The topological polar surface area (TPSA) is 65.8 Å². The first-order valence-corrected chi connectivity index (χ1v) is 10.4. The maximum Gasteiger partial charge on any atom is 0.252 e. The van der Waals surface area contributed by atoms with Crippen LogP contribution in [0.4, 0.5) is 0 Å². The van der Waals surface area contributed by atoms with E-state index in [1.54, 1.807) is 0 Å². The molecule has 0 aliphatic heterocycles. The molecule has 0 fully saturated rings. The molecule has 4 rings (SSSR count). The van der Waals surface area contributed by atoms with Gasteiger partial charge in [-0.1, -0.05) is 85.8 Å². The van der Waals surface area contributed by atoms with Crippen molar-refractivity contribution in [1.82, 2.24) is 10.3 Å². The van der Waals surface area contributed by atoms with Crippen molar-refractivity contribution in [2.75, 3.05) is 0 Å². The second-order valence-corrected chi connectivity index (χ2v) is 7.35. The zero-order valence-corrected chi connectivity index (χ0v) is 17.4. The maximum atomic E-state index is 13.6. The average molecular weight is 406 g/mol. The van der Waals surface area contributed by atoms with Crippen LogP contribution in [0.3, 0.4) is 0 Å². The van der Waals surface area contributed by atoms with Gasteiger partial charge in [-0.05, 0) is 23.6 Å². The van der Waals surface area contributed by atoms with E-state index in [0.29, 0.717) is 12.0 Å². The van der Waals surface area contributed by atoms with E-state index in [1.165, 1.54) is 0 Å². The summed E-state index contributed by atoms with van der Waals surface area (Å²) in [4.78, 5) is 18.5. The SMILES string of the molecule is CCc1c(-c2ccccc2)nc2ccccc2c1C(=O)N[C@@H](CC#N)c1ccccc1. The Balaban J connectivity index is 1.85. The summed E-state index contributed by atoms with van der Waals surface area (Å²) < 4.78 is 0. The molecule has 0 aliphatic carbocycles. The fourth-order valence-electron chi connectivity index (χ4n) is 3.95. The minimum Gasteiger partial charge on any atom is -0.344 e. The standard InChI is InChI=1S/C27H23N3O/c1-2-21-25(27(31)30-23(17-18-28)19-11-5-3-6-12-19)22-15-9-10-16-24(22)29-26(21)20-13-7-4-8-14-20/h3-16,23H,2,17H2,1H3,(H,30,31)/t23-/m0/s1. The molecule has 31 heavy (non-hydrogen) atoms. The molecular formula is C27H23N3O. The van der Waals surface area contributed by atoms with Gasteiger partial charge in [0.15, 0.2) is 0 Å². The second kappa shape index (κ2) is 9.23. The Hall–Kier alpha value is -3.97. The summed E-state index contributed by atoms with van der Waals surface area (Å²) in [6.07, 6.45) is 0.866.